The Bertz CT molecular complexity index is 1010. The molecule has 0 aliphatic heterocycles. The van der Waals surface area contributed by atoms with Crippen LogP contribution in [0.3, 0.4) is 0 Å². The third-order valence-electron chi connectivity index (χ3n) is 4.24. The molecule has 1 N–H and O–H groups in total. The van der Waals surface area contributed by atoms with E-state index in [1.807, 2.05) is 66.9 Å². The number of carboxylic acid groups (broad SMARTS) is 1. The number of benzene rings is 2. The lowest BCUT2D eigenvalue weighted by Crippen LogP contribution is -2.03. The summed E-state index contributed by atoms with van der Waals surface area (Å²) in [6.07, 6.45) is 3.49. The first-order chi connectivity index (χ1) is 14.5. The van der Waals surface area contributed by atoms with Crippen molar-refractivity contribution < 1.29 is 14.7 Å². The van der Waals surface area contributed by atoms with Crippen LogP contribution in [-0.4, -0.2) is 36.4 Å². The highest BCUT2D eigenvalue weighted by Gasteiger charge is 2.06. The van der Waals surface area contributed by atoms with Crippen LogP contribution in [0.25, 0.3) is 0 Å². The zero-order valence-corrected chi connectivity index (χ0v) is 16.5. The van der Waals surface area contributed by atoms with E-state index in [1.165, 1.54) is 18.6 Å². The molecular formula is C23H22N4O3. The zero-order chi connectivity index (χ0) is 21.3. The highest BCUT2D eigenvalue weighted by molar-refractivity contribution is 5.91. The van der Waals surface area contributed by atoms with Gasteiger partial charge in [0.05, 0.1) is 13.1 Å². The number of carbonyl (C=O) groups excluding carboxylic acids is 1. The van der Waals surface area contributed by atoms with Gasteiger partial charge in [0.15, 0.2) is 11.5 Å². The molecule has 0 saturated carbocycles. The Morgan fingerprint density at radius 2 is 1.17 bits per heavy atom. The molecule has 0 fully saturated rings. The Kier molecular flexibility index (Phi) is 6.89. The van der Waals surface area contributed by atoms with Gasteiger partial charge >= 0.3 is 5.97 Å². The second-order valence-electron chi connectivity index (χ2n) is 6.63. The lowest BCUT2D eigenvalue weighted by molar-refractivity contribution is 0.0689. The van der Waals surface area contributed by atoms with Crippen molar-refractivity contribution in [3.8, 4) is 0 Å². The van der Waals surface area contributed by atoms with E-state index in [2.05, 4.69) is 10.2 Å². The number of ketones is 1. The fraction of sp³-hybridized carbons (Fsp3) is 0.130. The first-order valence-electron chi connectivity index (χ1n) is 9.40. The summed E-state index contributed by atoms with van der Waals surface area (Å²) in [6.45, 7) is 2.82. The van der Waals surface area contributed by atoms with Gasteiger partial charge in [0.25, 0.3) is 0 Å². The first kappa shape index (κ1) is 20.7. The Labute approximate surface area is 174 Å². The molecule has 2 heterocycles. The van der Waals surface area contributed by atoms with Crippen molar-refractivity contribution in [3.63, 3.8) is 0 Å². The van der Waals surface area contributed by atoms with E-state index in [-0.39, 0.29) is 11.5 Å². The molecule has 152 valence electrons. The van der Waals surface area contributed by atoms with Gasteiger partial charge in [-0.25, -0.2) is 4.79 Å². The van der Waals surface area contributed by atoms with E-state index in [0.717, 1.165) is 5.56 Å². The molecule has 2 aromatic heterocycles. The minimum Gasteiger partial charge on any atom is -0.476 e. The van der Waals surface area contributed by atoms with Crippen LogP contribution in [0.1, 0.15) is 39.0 Å². The van der Waals surface area contributed by atoms with E-state index in [0.29, 0.717) is 18.8 Å². The van der Waals surface area contributed by atoms with Crippen LogP contribution in [0.2, 0.25) is 0 Å². The molecule has 0 amide bonds. The van der Waals surface area contributed by atoms with Crippen LogP contribution in [0.5, 0.6) is 0 Å². The normalized spacial score (nSPS) is 10.2. The molecule has 0 aliphatic carbocycles. The van der Waals surface area contributed by atoms with E-state index in [9.17, 15) is 9.59 Å². The Hall–Kier alpha value is -4.00. The molecular weight excluding hydrogens is 380 g/mol. The Balaban J connectivity index is 0.000000171. The minimum atomic E-state index is -0.998. The lowest BCUT2D eigenvalue weighted by atomic mass is 10.2. The van der Waals surface area contributed by atoms with Gasteiger partial charge in [-0.15, -0.1) is 0 Å². The summed E-state index contributed by atoms with van der Waals surface area (Å²) >= 11 is 0. The van der Waals surface area contributed by atoms with Crippen LogP contribution >= 0.6 is 0 Å². The number of aromatic carboxylic acids is 1. The second-order valence-corrected chi connectivity index (χ2v) is 6.63. The molecule has 30 heavy (non-hydrogen) atoms. The number of rotatable bonds is 6. The van der Waals surface area contributed by atoms with Gasteiger partial charge in [0.2, 0.25) is 0 Å². The number of hydrogen-bond acceptors (Lipinski definition) is 4. The molecule has 0 bridgehead atoms. The molecule has 7 heteroatoms. The molecule has 0 spiro atoms. The molecule has 0 unspecified atom stereocenters. The second kappa shape index (κ2) is 9.97. The molecule has 0 radical (unpaired) electrons. The number of Topliss-reactive ketones (excluding diaryl/α,β-unsaturated/α-hetero) is 1. The monoisotopic (exact) mass is 402 g/mol. The summed E-state index contributed by atoms with van der Waals surface area (Å²) in [6, 6.07) is 23.0. The van der Waals surface area contributed by atoms with Gasteiger partial charge in [-0.1, -0.05) is 60.7 Å². The van der Waals surface area contributed by atoms with Crippen molar-refractivity contribution in [1.82, 2.24) is 19.6 Å². The Morgan fingerprint density at radius 1 is 0.733 bits per heavy atom. The molecule has 0 saturated heterocycles. The van der Waals surface area contributed by atoms with Gasteiger partial charge in [0.1, 0.15) is 5.69 Å². The maximum absolute atomic E-state index is 11.0. The van der Waals surface area contributed by atoms with Crippen LogP contribution in [-0.2, 0) is 13.1 Å². The Morgan fingerprint density at radius 3 is 1.53 bits per heavy atom. The third-order valence-corrected chi connectivity index (χ3v) is 4.24. The smallest absolute Gasteiger partial charge is 0.356 e. The summed E-state index contributed by atoms with van der Waals surface area (Å²) < 4.78 is 3.38. The SMILES string of the molecule is CC(=O)c1ccn(Cc2ccccc2)n1.O=C(O)c1ccn(Cc2ccccc2)n1. The van der Waals surface area contributed by atoms with Crippen molar-refractivity contribution in [3.05, 3.63) is 108 Å². The van der Waals surface area contributed by atoms with Crippen molar-refractivity contribution in [2.24, 2.45) is 0 Å². The summed E-state index contributed by atoms with van der Waals surface area (Å²) in [5.41, 5.74) is 2.87. The van der Waals surface area contributed by atoms with Crippen molar-refractivity contribution >= 4 is 11.8 Å². The fourth-order valence-electron chi connectivity index (χ4n) is 2.74. The van der Waals surface area contributed by atoms with Crippen molar-refractivity contribution in [2.75, 3.05) is 0 Å². The molecule has 2 aromatic carbocycles. The van der Waals surface area contributed by atoms with Gasteiger partial charge in [-0.2, -0.15) is 10.2 Å². The molecule has 4 rings (SSSR count). The number of nitrogens with zero attached hydrogens (tertiary/aromatic N) is 4. The van der Waals surface area contributed by atoms with Gasteiger partial charge in [-0.05, 0) is 23.3 Å². The van der Waals surface area contributed by atoms with Gasteiger partial charge in [0, 0.05) is 19.3 Å². The fourth-order valence-corrected chi connectivity index (χ4v) is 2.74. The van der Waals surface area contributed by atoms with Crippen LogP contribution in [0, 0.1) is 0 Å². The van der Waals surface area contributed by atoms with Gasteiger partial charge < -0.3 is 5.11 Å². The van der Waals surface area contributed by atoms with E-state index < -0.39 is 5.97 Å². The average Bonchev–Trinajstić information content (AvgIpc) is 3.40. The number of carboxylic acids is 1. The summed E-state index contributed by atoms with van der Waals surface area (Å²) in [5, 5.41) is 16.8. The zero-order valence-electron chi connectivity index (χ0n) is 16.5. The average molecular weight is 402 g/mol. The maximum atomic E-state index is 11.0. The van der Waals surface area contributed by atoms with E-state index in [1.54, 1.807) is 21.6 Å². The molecule has 0 aliphatic rings. The lowest BCUT2D eigenvalue weighted by Gasteiger charge is -2.00. The van der Waals surface area contributed by atoms with Crippen LogP contribution < -0.4 is 0 Å². The standard InChI is InChI=1S/C12H12N2O.C11H10N2O2/c1-10(15)12-7-8-14(13-12)9-11-5-3-2-4-6-11;14-11(15)10-6-7-13(12-10)8-9-4-2-1-3-5-9/h2-8H,9H2,1H3;1-7H,8H2,(H,14,15). The largest absolute Gasteiger partial charge is 0.476 e. The topological polar surface area (TPSA) is 90.0 Å². The quantitative estimate of drug-likeness (QED) is 0.496. The minimum absolute atomic E-state index is 0.00168. The van der Waals surface area contributed by atoms with E-state index in [4.69, 9.17) is 5.11 Å². The molecule has 4 aromatic rings. The van der Waals surface area contributed by atoms with E-state index >= 15 is 0 Å². The number of aromatic nitrogens is 4. The third kappa shape index (κ3) is 6.00. The summed E-state index contributed by atoms with van der Waals surface area (Å²) in [4.78, 5) is 21.6. The first-order valence-corrected chi connectivity index (χ1v) is 9.40. The van der Waals surface area contributed by atoms with Crippen LogP contribution in [0.15, 0.2) is 85.2 Å². The van der Waals surface area contributed by atoms with Crippen LogP contribution in [0.4, 0.5) is 0 Å². The van der Waals surface area contributed by atoms with Gasteiger partial charge in [-0.3, -0.25) is 14.2 Å². The summed E-state index contributed by atoms with van der Waals surface area (Å²) in [5.74, 6) is -0.997. The maximum Gasteiger partial charge on any atom is 0.356 e. The summed E-state index contributed by atoms with van der Waals surface area (Å²) in [7, 11) is 0. The predicted molar refractivity (Wildman–Crippen MR) is 113 cm³/mol. The van der Waals surface area contributed by atoms with Crippen molar-refractivity contribution in [1.29, 1.82) is 0 Å². The highest BCUT2D eigenvalue weighted by Crippen LogP contribution is 2.04. The molecule has 7 nitrogen and oxygen atoms in total. The molecule has 0 atom stereocenters. The number of carbonyl (C=O) groups is 2. The highest BCUT2D eigenvalue weighted by atomic mass is 16.4. The van der Waals surface area contributed by atoms with Crippen molar-refractivity contribution in [2.45, 2.75) is 20.0 Å². The number of hydrogen-bond donors (Lipinski definition) is 1. The predicted octanol–water partition coefficient (Wildman–Crippen LogP) is 3.76.